The Hall–Kier alpha value is -2.83. The van der Waals surface area contributed by atoms with Crippen LogP contribution in [-0.2, 0) is 13.6 Å². The Morgan fingerprint density at radius 2 is 1.94 bits per heavy atom. The zero-order valence-electron chi connectivity index (χ0n) is 18.1. The van der Waals surface area contributed by atoms with Gasteiger partial charge in [-0.25, -0.2) is 4.98 Å². The molecule has 0 bridgehead atoms. The summed E-state index contributed by atoms with van der Waals surface area (Å²) in [6, 6.07) is 16.6. The SMILES string of the molecule is CCn1c(-c2nc3cc(C(=O)N4C[C@H](N)C[C@@H]4C)ccc3n2C)cc2ccccc21.Cl. The van der Waals surface area contributed by atoms with E-state index in [0.717, 1.165) is 35.5 Å². The van der Waals surface area contributed by atoms with E-state index in [1.807, 2.05) is 30.1 Å². The molecule has 4 aromatic rings. The number of carbonyl (C=O) groups excluding carboxylic acids is 1. The van der Waals surface area contributed by atoms with Gasteiger partial charge in [-0.3, -0.25) is 4.79 Å². The van der Waals surface area contributed by atoms with Crippen LogP contribution in [0.2, 0.25) is 0 Å². The number of amides is 1. The Morgan fingerprint density at radius 3 is 2.65 bits per heavy atom. The van der Waals surface area contributed by atoms with Gasteiger partial charge in [-0.15, -0.1) is 12.4 Å². The molecule has 0 spiro atoms. The smallest absolute Gasteiger partial charge is 0.254 e. The van der Waals surface area contributed by atoms with Crippen LogP contribution >= 0.6 is 12.4 Å². The summed E-state index contributed by atoms with van der Waals surface area (Å²) in [5, 5.41) is 1.21. The molecule has 1 aliphatic heterocycles. The Balaban J connectivity index is 0.00000231. The Morgan fingerprint density at radius 1 is 1.16 bits per heavy atom. The van der Waals surface area contributed by atoms with E-state index in [1.165, 1.54) is 10.9 Å². The lowest BCUT2D eigenvalue weighted by atomic mass is 10.1. The number of hydrogen-bond donors (Lipinski definition) is 1. The third kappa shape index (κ3) is 3.40. The monoisotopic (exact) mass is 437 g/mol. The second-order valence-corrected chi connectivity index (χ2v) is 8.33. The molecular formula is C24H28ClN5O. The van der Waals surface area contributed by atoms with Crippen molar-refractivity contribution in [3.8, 4) is 11.5 Å². The van der Waals surface area contributed by atoms with Gasteiger partial charge in [0.1, 0.15) is 0 Å². The summed E-state index contributed by atoms with van der Waals surface area (Å²) in [5.41, 5.74) is 10.9. The minimum atomic E-state index is 0. The highest BCUT2D eigenvalue weighted by Crippen LogP contribution is 2.30. The van der Waals surface area contributed by atoms with E-state index in [-0.39, 0.29) is 30.4 Å². The summed E-state index contributed by atoms with van der Waals surface area (Å²) >= 11 is 0. The highest BCUT2D eigenvalue weighted by molar-refractivity contribution is 5.98. The number of nitrogens with zero attached hydrogens (tertiary/aromatic N) is 4. The lowest BCUT2D eigenvalue weighted by Crippen LogP contribution is -2.35. The molecule has 1 amide bonds. The van der Waals surface area contributed by atoms with Gasteiger partial charge in [-0.1, -0.05) is 18.2 Å². The van der Waals surface area contributed by atoms with Gasteiger partial charge < -0.3 is 19.8 Å². The van der Waals surface area contributed by atoms with Crippen LogP contribution < -0.4 is 5.73 Å². The number of aromatic nitrogens is 3. The largest absolute Gasteiger partial charge is 0.338 e. The fourth-order valence-corrected chi connectivity index (χ4v) is 4.82. The molecule has 5 rings (SSSR count). The van der Waals surface area contributed by atoms with Gasteiger partial charge in [-0.2, -0.15) is 0 Å². The fraction of sp³-hybridized carbons (Fsp3) is 0.333. The summed E-state index contributed by atoms with van der Waals surface area (Å²) in [6.07, 6.45) is 0.850. The number of rotatable bonds is 3. The number of nitrogens with two attached hydrogens (primary N) is 1. The first kappa shape index (κ1) is 21.4. The van der Waals surface area contributed by atoms with Gasteiger partial charge >= 0.3 is 0 Å². The molecule has 2 atom stereocenters. The standard InChI is InChI=1S/C24H27N5O.ClH/c1-4-28-20-8-6-5-7-16(20)13-22(28)23-26-19-12-17(9-10-21(19)27(23)3)24(30)29-14-18(25)11-15(29)2;/h5-10,12-13,15,18H,4,11,14,25H2,1-3H3;1H/t15-,18+;/m0./s1. The molecule has 1 saturated heterocycles. The minimum Gasteiger partial charge on any atom is -0.338 e. The first-order chi connectivity index (χ1) is 14.5. The molecule has 31 heavy (non-hydrogen) atoms. The fourth-order valence-electron chi connectivity index (χ4n) is 4.82. The molecule has 162 valence electrons. The number of para-hydroxylation sites is 1. The lowest BCUT2D eigenvalue weighted by molar-refractivity contribution is 0.0746. The first-order valence-corrected chi connectivity index (χ1v) is 10.6. The van der Waals surface area contributed by atoms with Crippen LogP contribution in [0, 0.1) is 0 Å². The van der Waals surface area contributed by atoms with Crippen molar-refractivity contribution < 1.29 is 4.79 Å². The highest BCUT2D eigenvalue weighted by atomic mass is 35.5. The van der Waals surface area contributed by atoms with Crippen molar-refractivity contribution in [3.05, 3.63) is 54.1 Å². The van der Waals surface area contributed by atoms with Crippen LogP contribution in [0.15, 0.2) is 48.5 Å². The number of aryl methyl sites for hydroxylation is 2. The second kappa shape index (κ2) is 8.02. The van der Waals surface area contributed by atoms with Crippen molar-refractivity contribution in [1.82, 2.24) is 19.0 Å². The van der Waals surface area contributed by atoms with Crippen LogP contribution in [0.1, 0.15) is 30.6 Å². The van der Waals surface area contributed by atoms with Crippen LogP contribution in [0.3, 0.4) is 0 Å². The van der Waals surface area contributed by atoms with E-state index in [0.29, 0.717) is 12.1 Å². The van der Waals surface area contributed by atoms with Gasteiger partial charge in [0.05, 0.1) is 16.7 Å². The maximum Gasteiger partial charge on any atom is 0.254 e. The maximum absolute atomic E-state index is 13.1. The van der Waals surface area contributed by atoms with E-state index >= 15 is 0 Å². The van der Waals surface area contributed by atoms with Crippen molar-refractivity contribution in [2.75, 3.05) is 6.54 Å². The number of fused-ring (bicyclic) bond motifs is 2. The van der Waals surface area contributed by atoms with E-state index < -0.39 is 0 Å². The molecule has 1 aliphatic rings. The van der Waals surface area contributed by atoms with Gasteiger partial charge in [0, 0.05) is 48.7 Å². The number of likely N-dealkylation sites (tertiary alicyclic amines) is 1. The third-order valence-electron chi connectivity index (χ3n) is 6.35. The zero-order chi connectivity index (χ0) is 21.0. The Kier molecular flexibility index (Phi) is 5.54. The molecule has 6 nitrogen and oxygen atoms in total. The van der Waals surface area contributed by atoms with Crippen molar-refractivity contribution >= 4 is 40.3 Å². The number of benzene rings is 2. The molecule has 2 N–H and O–H groups in total. The van der Waals surface area contributed by atoms with Gasteiger partial charge in [0.25, 0.3) is 5.91 Å². The maximum atomic E-state index is 13.1. The van der Waals surface area contributed by atoms with Crippen molar-refractivity contribution in [1.29, 1.82) is 0 Å². The van der Waals surface area contributed by atoms with Crippen LogP contribution in [0.5, 0.6) is 0 Å². The Labute approximate surface area is 188 Å². The molecule has 0 unspecified atom stereocenters. The molecule has 1 fully saturated rings. The van der Waals surface area contributed by atoms with Gasteiger partial charge in [-0.05, 0) is 50.6 Å². The van der Waals surface area contributed by atoms with Crippen molar-refractivity contribution in [3.63, 3.8) is 0 Å². The second-order valence-electron chi connectivity index (χ2n) is 8.33. The highest BCUT2D eigenvalue weighted by Gasteiger charge is 2.31. The molecule has 0 aliphatic carbocycles. The average Bonchev–Trinajstić information content (AvgIpc) is 3.39. The molecule has 2 aromatic heterocycles. The number of hydrogen-bond acceptors (Lipinski definition) is 3. The lowest BCUT2D eigenvalue weighted by Gasteiger charge is -2.21. The van der Waals surface area contributed by atoms with Crippen LogP contribution in [0.25, 0.3) is 33.5 Å². The van der Waals surface area contributed by atoms with E-state index in [2.05, 4.69) is 53.3 Å². The molecule has 0 radical (unpaired) electrons. The molecule has 2 aromatic carbocycles. The van der Waals surface area contributed by atoms with Gasteiger partial charge in [0.2, 0.25) is 0 Å². The van der Waals surface area contributed by atoms with Crippen molar-refractivity contribution in [2.24, 2.45) is 12.8 Å². The first-order valence-electron chi connectivity index (χ1n) is 10.6. The Bertz CT molecular complexity index is 1270. The molecule has 3 heterocycles. The van der Waals surface area contributed by atoms with Crippen LogP contribution in [-0.4, -0.2) is 43.6 Å². The minimum absolute atomic E-state index is 0. The molecule has 0 saturated carbocycles. The summed E-state index contributed by atoms with van der Waals surface area (Å²) in [6.45, 7) is 5.69. The zero-order valence-corrected chi connectivity index (χ0v) is 18.9. The summed E-state index contributed by atoms with van der Waals surface area (Å²) in [5.74, 6) is 0.941. The normalized spacial score (nSPS) is 18.6. The van der Waals surface area contributed by atoms with E-state index in [1.54, 1.807) is 0 Å². The summed E-state index contributed by atoms with van der Waals surface area (Å²) in [4.78, 5) is 19.9. The summed E-state index contributed by atoms with van der Waals surface area (Å²) in [7, 11) is 2.03. The molecular weight excluding hydrogens is 410 g/mol. The third-order valence-corrected chi connectivity index (χ3v) is 6.35. The number of carbonyl (C=O) groups is 1. The van der Waals surface area contributed by atoms with Crippen LogP contribution in [0.4, 0.5) is 0 Å². The predicted octanol–water partition coefficient (Wildman–Crippen LogP) is 4.20. The topological polar surface area (TPSA) is 69.1 Å². The quantitative estimate of drug-likeness (QED) is 0.522. The van der Waals surface area contributed by atoms with E-state index in [4.69, 9.17) is 10.7 Å². The number of halogens is 1. The summed E-state index contributed by atoms with van der Waals surface area (Å²) < 4.78 is 4.40. The average molecular weight is 438 g/mol. The van der Waals surface area contributed by atoms with Crippen molar-refractivity contribution in [2.45, 2.75) is 38.9 Å². The van der Waals surface area contributed by atoms with E-state index in [9.17, 15) is 4.79 Å². The predicted molar refractivity (Wildman–Crippen MR) is 128 cm³/mol. The molecule has 7 heteroatoms. The number of imidazole rings is 1. The van der Waals surface area contributed by atoms with Gasteiger partial charge in [0.15, 0.2) is 5.82 Å².